The lowest BCUT2D eigenvalue weighted by molar-refractivity contribution is -0.131. The number of aldehydes is 1. The van der Waals surface area contributed by atoms with Gasteiger partial charge in [-0.15, -0.1) is 0 Å². The maximum absolute atomic E-state index is 11.1. The van der Waals surface area contributed by atoms with Crippen LogP contribution in [0.1, 0.15) is 20.8 Å². The molecule has 0 saturated heterocycles. The molecule has 1 unspecified atom stereocenters. The van der Waals surface area contributed by atoms with E-state index in [2.05, 4.69) is 5.32 Å². The number of Topliss-reactive ketones (excluding diaryl/α,β-unsaturated/α-hetero) is 1. The largest absolute Gasteiger partial charge is 0.444 e. The Morgan fingerprint density at radius 2 is 2.00 bits per heavy atom. The molecule has 0 aliphatic heterocycles. The zero-order valence-corrected chi connectivity index (χ0v) is 8.94. The summed E-state index contributed by atoms with van der Waals surface area (Å²) in [5.74, 6) is -0.900. The molecule has 6 nitrogen and oxygen atoms in total. The normalized spacial score (nSPS) is 12.8. The van der Waals surface area contributed by atoms with Crippen LogP contribution in [0.3, 0.4) is 0 Å². The lowest BCUT2D eigenvalue weighted by atomic mass is 10.2. The molecule has 0 fully saturated rings. The van der Waals surface area contributed by atoms with E-state index in [-0.39, 0.29) is 6.29 Å². The number of rotatable bonds is 4. The van der Waals surface area contributed by atoms with Crippen molar-refractivity contribution in [1.29, 1.82) is 0 Å². The molecule has 6 heteroatoms. The molecule has 0 aromatic rings. The van der Waals surface area contributed by atoms with Gasteiger partial charge >= 0.3 is 6.09 Å². The molecule has 1 atom stereocenters. The van der Waals surface area contributed by atoms with Gasteiger partial charge in [-0.05, 0) is 20.8 Å². The SMILES string of the molecule is CC(C)(C)OC(=O)NC(CO)C(=O)C=O. The lowest BCUT2D eigenvalue weighted by Crippen LogP contribution is -2.46. The van der Waals surface area contributed by atoms with Crippen LogP contribution in [0, 0.1) is 0 Å². The van der Waals surface area contributed by atoms with Crippen molar-refractivity contribution in [3.63, 3.8) is 0 Å². The van der Waals surface area contributed by atoms with E-state index in [4.69, 9.17) is 9.84 Å². The second kappa shape index (κ2) is 5.45. The van der Waals surface area contributed by atoms with Crippen molar-refractivity contribution in [2.45, 2.75) is 32.4 Å². The molecule has 0 radical (unpaired) electrons. The second-order valence-corrected chi connectivity index (χ2v) is 3.90. The van der Waals surface area contributed by atoms with Gasteiger partial charge in [-0.3, -0.25) is 9.59 Å². The predicted molar refractivity (Wildman–Crippen MR) is 51.3 cm³/mol. The molecule has 0 aliphatic carbocycles. The average Bonchev–Trinajstić information content (AvgIpc) is 2.10. The molecule has 0 aromatic carbocycles. The number of aliphatic hydroxyl groups excluding tert-OH is 1. The summed E-state index contributed by atoms with van der Waals surface area (Å²) >= 11 is 0. The summed E-state index contributed by atoms with van der Waals surface area (Å²) in [6, 6.07) is -1.24. The molecular formula is C9H15NO5. The molecular weight excluding hydrogens is 202 g/mol. The second-order valence-electron chi connectivity index (χ2n) is 3.90. The lowest BCUT2D eigenvalue weighted by Gasteiger charge is -2.21. The zero-order valence-electron chi connectivity index (χ0n) is 8.94. The average molecular weight is 217 g/mol. The van der Waals surface area contributed by atoms with Crippen molar-refractivity contribution in [1.82, 2.24) is 5.32 Å². The zero-order chi connectivity index (χ0) is 12.1. The third-order valence-corrected chi connectivity index (χ3v) is 1.33. The van der Waals surface area contributed by atoms with Crippen LogP contribution in [0.4, 0.5) is 4.79 Å². The van der Waals surface area contributed by atoms with Gasteiger partial charge in [0.1, 0.15) is 11.6 Å². The molecule has 0 bridgehead atoms. The topological polar surface area (TPSA) is 92.7 Å². The van der Waals surface area contributed by atoms with Crippen molar-refractivity contribution in [3.05, 3.63) is 0 Å². The summed E-state index contributed by atoms with van der Waals surface area (Å²) in [7, 11) is 0. The van der Waals surface area contributed by atoms with Gasteiger partial charge in [-0.25, -0.2) is 4.79 Å². The highest BCUT2D eigenvalue weighted by molar-refractivity contribution is 6.27. The molecule has 0 rings (SSSR count). The molecule has 2 N–H and O–H groups in total. The van der Waals surface area contributed by atoms with Crippen LogP contribution < -0.4 is 5.32 Å². The molecule has 0 heterocycles. The van der Waals surface area contributed by atoms with E-state index in [9.17, 15) is 14.4 Å². The van der Waals surface area contributed by atoms with Crippen LogP contribution in [0.5, 0.6) is 0 Å². The van der Waals surface area contributed by atoms with E-state index < -0.39 is 30.1 Å². The van der Waals surface area contributed by atoms with Gasteiger partial charge in [0.25, 0.3) is 0 Å². The number of aliphatic hydroxyl groups is 1. The fourth-order valence-corrected chi connectivity index (χ4v) is 0.739. The quantitative estimate of drug-likeness (QED) is 0.495. The molecule has 0 aromatic heterocycles. The van der Waals surface area contributed by atoms with E-state index in [1.54, 1.807) is 20.8 Å². The van der Waals surface area contributed by atoms with Crippen molar-refractivity contribution in [3.8, 4) is 0 Å². The monoisotopic (exact) mass is 217 g/mol. The maximum Gasteiger partial charge on any atom is 0.408 e. The Morgan fingerprint density at radius 3 is 2.33 bits per heavy atom. The highest BCUT2D eigenvalue weighted by Crippen LogP contribution is 2.06. The Hall–Kier alpha value is -1.43. The van der Waals surface area contributed by atoms with Crippen LogP contribution in [-0.2, 0) is 14.3 Å². The van der Waals surface area contributed by atoms with Crippen LogP contribution in [0.2, 0.25) is 0 Å². The smallest absolute Gasteiger partial charge is 0.408 e. The molecule has 0 saturated carbocycles. The van der Waals surface area contributed by atoms with Gasteiger partial charge < -0.3 is 15.2 Å². The third kappa shape index (κ3) is 5.79. The highest BCUT2D eigenvalue weighted by Gasteiger charge is 2.22. The number of carbonyl (C=O) groups excluding carboxylic acids is 3. The maximum atomic E-state index is 11.1. The van der Waals surface area contributed by atoms with Gasteiger partial charge in [0.15, 0.2) is 6.29 Å². The van der Waals surface area contributed by atoms with Crippen molar-refractivity contribution in [2.75, 3.05) is 6.61 Å². The minimum absolute atomic E-state index is 0.0399. The Bertz CT molecular complexity index is 256. The van der Waals surface area contributed by atoms with Gasteiger partial charge in [0.2, 0.25) is 5.78 Å². The summed E-state index contributed by atoms with van der Waals surface area (Å²) in [4.78, 5) is 32.1. The molecule has 0 spiro atoms. The summed E-state index contributed by atoms with van der Waals surface area (Å²) in [5.41, 5.74) is -0.700. The minimum Gasteiger partial charge on any atom is -0.444 e. The molecule has 1 amide bonds. The number of ether oxygens (including phenoxy) is 1. The van der Waals surface area contributed by atoms with Crippen LogP contribution >= 0.6 is 0 Å². The van der Waals surface area contributed by atoms with Crippen LogP contribution in [-0.4, -0.2) is 41.5 Å². The summed E-state index contributed by atoms with van der Waals surface area (Å²) in [6.45, 7) is 4.32. The van der Waals surface area contributed by atoms with Crippen LogP contribution in [0.25, 0.3) is 0 Å². The fourth-order valence-electron chi connectivity index (χ4n) is 0.739. The molecule has 86 valence electrons. The van der Waals surface area contributed by atoms with Crippen LogP contribution in [0.15, 0.2) is 0 Å². The number of hydrogen-bond acceptors (Lipinski definition) is 5. The van der Waals surface area contributed by atoms with E-state index >= 15 is 0 Å². The number of alkyl carbamates (subject to hydrolysis) is 1. The number of ketones is 1. The Labute approximate surface area is 87.6 Å². The number of nitrogens with one attached hydrogen (secondary N) is 1. The summed E-state index contributed by atoms with van der Waals surface area (Å²) < 4.78 is 4.84. The number of amides is 1. The van der Waals surface area contributed by atoms with Crippen molar-refractivity contribution in [2.24, 2.45) is 0 Å². The Kier molecular flexibility index (Phi) is 4.93. The van der Waals surface area contributed by atoms with Gasteiger partial charge in [-0.1, -0.05) is 0 Å². The van der Waals surface area contributed by atoms with Crippen molar-refractivity contribution >= 4 is 18.2 Å². The first-order chi connectivity index (χ1) is 6.80. The van der Waals surface area contributed by atoms with Gasteiger partial charge in [0.05, 0.1) is 6.61 Å². The highest BCUT2D eigenvalue weighted by atomic mass is 16.6. The molecule has 0 aliphatic rings. The summed E-state index contributed by atoms with van der Waals surface area (Å²) in [5, 5.41) is 10.8. The number of hydrogen-bond donors (Lipinski definition) is 2. The van der Waals surface area contributed by atoms with E-state index in [0.717, 1.165) is 0 Å². The fraction of sp³-hybridized carbons (Fsp3) is 0.667. The standard InChI is InChI=1S/C9H15NO5/c1-9(2,3)15-8(14)10-6(4-11)7(13)5-12/h5-6,11H,4H2,1-3H3,(H,10,14). The van der Waals surface area contributed by atoms with Gasteiger partial charge in [-0.2, -0.15) is 0 Å². The Balaban J connectivity index is 4.25. The van der Waals surface area contributed by atoms with E-state index in [1.807, 2.05) is 0 Å². The minimum atomic E-state index is -1.24. The molecule has 15 heavy (non-hydrogen) atoms. The van der Waals surface area contributed by atoms with E-state index in [1.165, 1.54) is 0 Å². The number of carbonyl (C=O) groups is 3. The Morgan fingerprint density at radius 1 is 1.47 bits per heavy atom. The first kappa shape index (κ1) is 13.6. The predicted octanol–water partition coefficient (Wildman–Crippen LogP) is -0.360. The summed E-state index contributed by atoms with van der Waals surface area (Å²) in [6.07, 6.45) is -0.810. The first-order valence-electron chi connectivity index (χ1n) is 4.39. The third-order valence-electron chi connectivity index (χ3n) is 1.33. The first-order valence-corrected chi connectivity index (χ1v) is 4.39. The van der Waals surface area contributed by atoms with Gasteiger partial charge in [0, 0.05) is 0 Å². The van der Waals surface area contributed by atoms with Crippen molar-refractivity contribution < 1.29 is 24.2 Å². The van der Waals surface area contributed by atoms with E-state index in [0.29, 0.717) is 0 Å².